The molecule has 0 radical (unpaired) electrons. The van der Waals surface area contributed by atoms with E-state index in [4.69, 9.17) is 63.9 Å². The van der Waals surface area contributed by atoms with Gasteiger partial charge >= 0.3 is 18.2 Å². The summed E-state index contributed by atoms with van der Waals surface area (Å²) in [5, 5.41) is 57.2. The Hall–Kier alpha value is -14.1. The highest BCUT2D eigenvalue weighted by atomic mass is 79.9. The van der Waals surface area contributed by atoms with Crippen LogP contribution >= 0.6 is 15.9 Å². The minimum atomic E-state index is -4.03. The minimum Gasteiger partial charge on any atom is -0.497 e. The van der Waals surface area contributed by atoms with Crippen LogP contribution in [0, 0.1) is 0 Å². The van der Waals surface area contributed by atoms with Gasteiger partial charge in [0.1, 0.15) is 79.9 Å². The van der Waals surface area contributed by atoms with Crippen LogP contribution in [0.2, 0.25) is 0 Å². The van der Waals surface area contributed by atoms with E-state index in [-0.39, 0.29) is 62.9 Å². The fraction of sp³-hybridized carbons (Fsp3) is 0.294. The van der Waals surface area contributed by atoms with E-state index < -0.39 is 202 Å². The summed E-state index contributed by atoms with van der Waals surface area (Å²) >= 11 is 3.19. The van der Waals surface area contributed by atoms with Crippen molar-refractivity contribution < 1.29 is 172 Å². The molecule has 0 fully saturated rings. The zero-order chi connectivity index (χ0) is 105. The van der Waals surface area contributed by atoms with E-state index in [1.165, 1.54) is 185 Å². The molecule has 56 heteroatoms. The third kappa shape index (κ3) is 43.1. The summed E-state index contributed by atoms with van der Waals surface area (Å²) in [5.74, 6) is -11.4. The zero-order valence-corrected chi connectivity index (χ0v) is 82.5. The number of hydrogen-bond acceptors (Lipinski definition) is 37. The number of alkyl carbamates (subject to hydrolysis) is 2. The lowest BCUT2D eigenvalue weighted by molar-refractivity contribution is -0.146. The predicted molar refractivity (Wildman–Crippen MR) is 497 cm³/mol. The van der Waals surface area contributed by atoms with Gasteiger partial charge in [0.15, 0.2) is 60.7 Å². The Kier molecular flexibility index (Phi) is 49.7. The van der Waals surface area contributed by atoms with Crippen LogP contribution in [0.4, 0.5) is 9.59 Å². The third-order valence-electron chi connectivity index (χ3n) is 18.3. The summed E-state index contributed by atoms with van der Waals surface area (Å²) in [6.45, 7) is 1.91. The Morgan fingerprint density at radius 1 is 0.333 bits per heavy atom. The number of nitrogens with one attached hydrogen (secondary N) is 12. The summed E-state index contributed by atoms with van der Waals surface area (Å²) < 4.78 is 190. The monoisotopic (exact) mass is 2150 g/mol. The maximum absolute atomic E-state index is 12.7. The largest absolute Gasteiger partial charge is 0.497 e. The third-order valence-corrected chi connectivity index (χ3v) is 28.3. The Bertz CT molecular complexity index is 6260. The summed E-state index contributed by atoms with van der Waals surface area (Å²) in [4.78, 5) is 141. The quantitative estimate of drug-likeness (QED) is 0.0111. The summed E-state index contributed by atoms with van der Waals surface area (Å²) in [6.07, 6.45) is -1.58. The predicted octanol–water partition coefficient (Wildman–Crippen LogP) is 1.28. The molecular formula is C85H103BrN12O37S6. The first-order valence-corrected chi connectivity index (χ1v) is 51.4. The van der Waals surface area contributed by atoms with Crippen LogP contribution in [0.3, 0.4) is 0 Å². The number of ether oxygens (including phenoxy) is 8. The molecule has 0 saturated carbocycles. The highest BCUT2D eigenvalue weighted by Gasteiger charge is 2.35. The summed E-state index contributed by atoms with van der Waals surface area (Å²) in [7, 11) is -16.7. The number of rotatable bonds is 44. The molecule has 141 heavy (non-hydrogen) atoms. The van der Waals surface area contributed by atoms with Crippen molar-refractivity contribution in [2.75, 3.05) is 77.1 Å². The van der Waals surface area contributed by atoms with E-state index >= 15 is 0 Å². The van der Waals surface area contributed by atoms with E-state index in [0.29, 0.717) is 27.5 Å². The molecule has 49 nitrogen and oxygen atoms in total. The maximum atomic E-state index is 12.7. The molecule has 17 N–H and O–H groups in total. The van der Waals surface area contributed by atoms with Gasteiger partial charge in [0, 0.05) is 23.9 Å². The molecule has 0 aliphatic heterocycles. The molecule has 0 spiro atoms. The SMILES string of the molecule is COc1ccc(S(=O)(=O)CC(NC(=O)CCC(=O)OCc2ccccc2)C(=O)NO)cc1.COc1ccc(S(=O)(=O)CC(NC(=O)[C@@H](C)NC(=O)OCc2ccccc2)C(=O)NO)cc1.COc1ccc(S(=O)(=O)CC(NC(C)=O)C(=O)NO)cc1OC.COc1ccc(S(=O)(=O)CC(NS(C)(=O)=O)C(=O)NO)cc1.O=C(CNC(=O)OCc1ccccc1)NC(CS(=O)(=O)c1ccc(Br)cc1)C(=O)NO. The molecule has 0 aliphatic rings. The Morgan fingerprint density at radius 2 is 0.645 bits per heavy atom. The van der Waals surface area contributed by atoms with Crippen molar-refractivity contribution >= 4 is 146 Å². The van der Waals surface area contributed by atoms with Gasteiger partial charge in [0.05, 0.1) is 101 Å². The maximum Gasteiger partial charge on any atom is 0.408 e. The van der Waals surface area contributed by atoms with Crippen LogP contribution < -0.4 is 87.7 Å². The highest BCUT2D eigenvalue weighted by molar-refractivity contribution is 9.10. The number of benzene rings is 8. The van der Waals surface area contributed by atoms with Gasteiger partial charge < -0.3 is 69.8 Å². The molecule has 11 amide bonds. The fourth-order valence-electron chi connectivity index (χ4n) is 11.1. The molecule has 0 aromatic heterocycles. The van der Waals surface area contributed by atoms with Gasteiger partial charge in [0.2, 0.25) is 33.7 Å². The van der Waals surface area contributed by atoms with E-state index in [0.717, 1.165) is 29.9 Å². The lowest BCUT2D eigenvalue weighted by Crippen LogP contribution is -2.54. The molecule has 0 heterocycles. The number of methoxy groups -OCH3 is 5. The number of esters is 1. The average molecular weight is 2160 g/mol. The number of sulfonamides is 1. The molecule has 0 saturated heterocycles. The lowest BCUT2D eigenvalue weighted by atomic mass is 10.2. The van der Waals surface area contributed by atoms with Gasteiger partial charge in [-0.1, -0.05) is 107 Å². The number of carbonyl (C=O) groups is 12. The van der Waals surface area contributed by atoms with Gasteiger partial charge in [-0.15, -0.1) is 0 Å². The van der Waals surface area contributed by atoms with Gasteiger partial charge in [-0.2, -0.15) is 0 Å². The van der Waals surface area contributed by atoms with E-state index in [1.807, 2.05) is 22.9 Å². The normalized spacial score (nSPS) is 12.3. The first-order chi connectivity index (χ1) is 66.4. The molecule has 6 atom stereocenters. The summed E-state index contributed by atoms with van der Waals surface area (Å²) in [5.41, 5.74) is 8.82. The first kappa shape index (κ1) is 119. The van der Waals surface area contributed by atoms with Crippen LogP contribution in [0.25, 0.3) is 0 Å². The van der Waals surface area contributed by atoms with Gasteiger partial charge in [-0.3, -0.25) is 74.0 Å². The van der Waals surface area contributed by atoms with Gasteiger partial charge in [-0.05, 0) is 133 Å². The minimum absolute atomic E-state index is 0.00469. The molecule has 0 aliphatic carbocycles. The van der Waals surface area contributed by atoms with Crippen LogP contribution in [0.1, 0.15) is 43.4 Å². The molecule has 768 valence electrons. The molecule has 5 unspecified atom stereocenters. The molecule has 0 bridgehead atoms. The molecule has 8 aromatic carbocycles. The van der Waals surface area contributed by atoms with E-state index in [9.17, 15) is 108 Å². The van der Waals surface area contributed by atoms with Gasteiger partial charge in [-0.25, -0.2) is 92.2 Å². The highest BCUT2D eigenvalue weighted by Crippen LogP contribution is 2.31. The second kappa shape index (κ2) is 58.7. The second-order valence-electron chi connectivity index (χ2n) is 28.8. The lowest BCUT2D eigenvalue weighted by Gasteiger charge is -2.20. The van der Waals surface area contributed by atoms with Crippen LogP contribution in [-0.2, 0) is 141 Å². The fourth-order valence-corrected chi connectivity index (χ4v) is 19.3. The number of carbonyl (C=O) groups excluding carboxylic acids is 12. The van der Waals surface area contributed by atoms with Crippen molar-refractivity contribution in [3.63, 3.8) is 0 Å². The average Bonchev–Trinajstić information content (AvgIpc) is 0.776. The topological polar surface area (TPSA) is 729 Å². The number of hydrogen-bond donors (Lipinski definition) is 17. The smallest absolute Gasteiger partial charge is 0.408 e. The Labute approximate surface area is 817 Å². The zero-order valence-electron chi connectivity index (χ0n) is 76.0. The first-order valence-electron chi connectivity index (χ1n) is 40.4. The van der Waals surface area contributed by atoms with Crippen molar-refractivity contribution in [3.8, 4) is 28.7 Å². The van der Waals surface area contributed by atoms with E-state index in [1.54, 1.807) is 72.8 Å². The Balaban J connectivity index is 0.000000371. The van der Waals surface area contributed by atoms with Crippen LogP contribution in [0.15, 0.2) is 235 Å². The van der Waals surface area contributed by atoms with Crippen molar-refractivity contribution in [1.29, 1.82) is 0 Å². The number of sulfone groups is 5. The van der Waals surface area contributed by atoms with Crippen molar-refractivity contribution in [1.82, 2.24) is 64.0 Å². The van der Waals surface area contributed by atoms with Crippen LogP contribution in [0.5, 0.6) is 28.7 Å². The van der Waals surface area contributed by atoms with Crippen molar-refractivity contribution in [3.05, 3.63) is 227 Å². The number of amides is 11. The second-order valence-corrected chi connectivity index (χ2v) is 41.6. The Morgan fingerprint density at radius 3 is 0.993 bits per heavy atom. The van der Waals surface area contributed by atoms with E-state index in [2.05, 4.69) is 47.8 Å². The number of hydroxylamine groups is 5. The molecular weight excluding hydrogens is 2050 g/mol. The van der Waals surface area contributed by atoms with Crippen molar-refractivity contribution in [2.24, 2.45) is 0 Å². The standard InChI is InChI=1S/C21H25N3O8S.C21H24N2O8S.C19H20BrN3O7S.C13H18N2O7S.C11H16N2O7S2/c1-14(22-21(27)32-12-15-6-4-3-5-7-15)19(25)23-18(20(26)24-28)13-33(29,30)17-10-8-16(31-2)9-11-17;1-30-16-7-9-17(10-8-16)32(28,29)14-18(21(26)23-27)22-19(24)11-12-20(25)31-13-15-5-3-2-4-6-15;20-14-6-8-15(9-7-14)31(28,29)12-16(18(25)23-27)22-17(24)10-21-19(26)30-11-13-4-2-1-3-5-13;1-8(16)14-10(13(17)15-18)7-23(19,20)9-4-5-11(21-2)12(6-9)22-3;1-20-8-3-5-9(6-4-8)22(18,19)7-10(11(14)12-15)13-21(2,16)17/h3-11,14,18,28H,12-13H2,1-2H3,(H,22,27)(H,23,25)(H,24,26);2-10,18,27H,11-14H2,1H3,(H,22,24)(H,23,26);1-9,16,27H,10-12H2,(H,21,26)(H,22,24)(H,23,25);4-6,10,18H,7H2,1-3H3,(H,14,16)(H,15,17);3-6,10,13,15H,7H2,1-2H3,(H,12,14)/t14-,18?;;;;/m1..../s1. The summed E-state index contributed by atoms with van der Waals surface area (Å²) in [6, 6.07) is 43.6. The molecule has 8 aromatic rings. The van der Waals surface area contributed by atoms with Crippen LogP contribution in [-0.4, -0.2) is 261 Å². The molecule has 8 rings (SSSR count). The van der Waals surface area contributed by atoms with Gasteiger partial charge in [0.25, 0.3) is 29.5 Å². The number of halogens is 1. The van der Waals surface area contributed by atoms with Crippen molar-refractivity contribution in [2.45, 2.75) is 107 Å².